The molecular formula is C22H19N3O5S. The fourth-order valence-corrected chi connectivity index (χ4v) is 4.49. The third-order valence-corrected chi connectivity index (χ3v) is 5.89. The van der Waals surface area contributed by atoms with Gasteiger partial charge in [-0.05, 0) is 44.2 Å². The van der Waals surface area contributed by atoms with E-state index in [4.69, 9.17) is 4.42 Å². The topological polar surface area (TPSA) is 113 Å². The first-order chi connectivity index (χ1) is 14.8. The summed E-state index contributed by atoms with van der Waals surface area (Å²) >= 11 is 1.20. The molecule has 0 fully saturated rings. The Balaban J connectivity index is 1.83. The number of carbonyl (C=O) groups excluding carboxylic acids is 3. The summed E-state index contributed by atoms with van der Waals surface area (Å²) in [4.78, 5) is 43.9. The van der Waals surface area contributed by atoms with Gasteiger partial charge in [0.2, 0.25) is 11.7 Å². The molecule has 1 aliphatic heterocycles. The van der Waals surface area contributed by atoms with Crippen molar-refractivity contribution < 1.29 is 23.9 Å². The molecule has 31 heavy (non-hydrogen) atoms. The molecule has 3 heterocycles. The highest BCUT2D eigenvalue weighted by Crippen LogP contribution is 2.43. The van der Waals surface area contributed by atoms with E-state index < -0.39 is 23.5 Å². The van der Waals surface area contributed by atoms with E-state index in [0.717, 1.165) is 0 Å². The number of aryl methyl sites for hydroxylation is 2. The summed E-state index contributed by atoms with van der Waals surface area (Å²) in [5.74, 6) is -1.79. The van der Waals surface area contributed by atoms with Crippen LogP contribution in [-0.4, -0.2) is 27.7 Å². The van der Waals surface area contributed by atoms with E-state index in [9.17, 15) is 19.5 Å². The molecule has 1 aliphatic rings. The van der Waals surface area contributed by atoms with Gasteiger partial charge in [-0.2, -0.15) is 0 Å². The van der Waals surface area contributed by atoms with E-state index in [-0.39, 0.29) is 11.5 Å². The number of amides is 2. The SMILES string of the molecule is CC(=O)Nc1cccc(N2C(=O)C(O)=C(C(=O)c3sc(C)nc3C)C2c2ccco2)c1. The number of rotatable bonds is 5. The normalized spacial score (nSPS) is 16.2. The molecule has 8 nitrogen and oxygen atoms in total. The highest BCUT2D eigenvalue weighted by molar-refractivity contribution is 7.14. The number of furan rings is 1. The van der Waals surface area contributed by atoms with Crippen LogP contribution in [0.4, 0.5) is 11.4 Å². The van der Waals surface area contributed by atoms with Crippen LogP contribution in [0.1, 0.15) is 39.1 Å². The second-order valence-corrected chi connectivity index (χ2v) is 8.27. The molecule has 2 N–H and O–H groups in total. The third kappa shape index (κ3) is 3.64. The van der Waals surface area contributed by atoms with Gasteiger partial charge < -0.3 is 14.8 Å². The van der Waals surface area contributed by atoms with Crippen LogP contribution < -0.4 is 10.2 Å². The number of thiazole rings is 1. The van der Waals surface area contributed by atoms with Gasteiger partial charge in [0.1, 0.15) is 11.8 Å². The van der Waals surface area contributed by atoms with Crippen molar-refractivity contribution in [3.05, 3.63) is 75.3 Å². The average molecular weight is 437 g/mol. The van der Waals surface area contributed by atoms with Crippen LogP contribution in [0.3, 0.4) is 0 Å². The molecule has 4 rings (SSSR count). The van der Waals surface area contributed by atoms with E-state index in [1.165, 1.54) is 29.4 Å². The Labute approximate surface area is 181 Å². The van der Waals surface area contributed by atoms with E-state index in [1.54, 1.807) is 50.2 Å². The zero-order chi connectivity index (χ0) is 22.3. The maximum atomic E-state index is 13.4. The van der Waals surface area contributed by atoms with Gasteiger partial charge in [-0.25, -0.2) is 4.98 Å². The molecule has 1 atom stereocenters. The second-order valence-electron chi connectivity index (χ2n) is 7.06. The molecule has 0 aliphatic carbocycles. The minimum absolute atomic E-state index is 0.0726. The lowest BCUT2D eigenvalue weighted by Gasteiger charge is -2.25. The second kappa shape index (κ2) is 7.84. The number of Topliss-reactive ketones (excluding diaryl/α,β-unsaturated/α-hetero) is 1. The fourth-order valence-electron chi connectivity index (χ4n) is 3.62. The quantitative estimate of drug-likeness (QED) is 0.581. The van der Waals surface area contributed by atoms with Gasteiger partial charge in [-0.3, -0.25) is 19.3 Å². The first-order valence-electron chi connectivity index (χ1n) is 9.44. The summed E-state index contributed by atoms with van der Waals surface area (Å²) in [6, 6.07) is 8.91. The number of carbonyl (C=O) groups is 3. The van der Waals surface area contributed by atoms with Gasteiger partial charge in [-0.1, -0.05) is 6.07 Å². The molecule has 0 saturated heterocycles. The standard InChI is InChI=1S/C22H19N3O5S/c1-11-21(31-13(3)23-11)19(27)17-18(16-8-5-9-30-16)25(22(29)20(17)28)15-7-4-6-14(10-15)24-12(2)26/h4-10,18,28H,1-3H3,(H,24,26). The van der Waals surface area contributed by atoms with Gasteiger partial charge in [0.05, 0.1) is 27.4 Å². The Kier molecular flexibility index (Phi) is 5.20. The smallest absolute Gasteiger partial charge is 0.294 e. The number of aromatic nitrogens is 1. The Morgan fingerprint density at radius 1 is 1.23 bits per heavy atom. The first kappa shape index (κ1) is 20.5. The number of nitrogens with zero attached hydrogens (tertiary/aromatic N) is 2. The van der Waals surface area contributed by atoms with E-state index >= 15 is 0 Å². The van der Waals surface area contributed by atoms with Crippen LogP contribution in [0.2, 0.25) is 0 Å². The number of benzene rings is 1. The van der Waals surface area contributed by atoms with Crippen LogP contribution >= 0.6 is 11.3 Å². The number of hydrogen-bond acceptors (Lipinski definition) is 7. The van der Waals surface area contributed by atoms with Crippen molar-refractivity contribution in [2.45, 2.75) is 26.8 Å². The average Bonchev–Trinajstić information content (AvgIpc) is 3.41. The van der Waals surface area contributed by atoms with Crippen molar-refractivity contribution in [1.82, 2.24) is 4.98 Å². The molecule has 2 amide bonds. The molecule has 3 aromatic rings. The van der Waals surface area contributed by atoms with Crippen molar-refractivity contribution in [3.63, 3.8) is 0 Å². The van der Waals surface area contributed by atoms with Crippen molar-refractivity contribution in [2.75, 3.05) is 10.2 Å². The summed E-state index contributed by atoms with van der Waals surface area (Å²) in [7, 11) is 0. The van der Waals surface area contributed by atoms with Crippen molar-refractivity contribution in [2.24, 2.45) is 0 Å². The summed E-state index contributed by atoms with van der Waals surface area (Å²) < 4.78 is 5.54. The number of hydrogen-bond donors (Lipinski definition) is 2. The first-order valence-corrected chi connectivity index (χ1v) is 10.3. The lowest BCUT2D eigenvalue weighted by Crippen LogP contribution is -2.30. The summed E-state index contributed by atoms with van der Waals surface area (Å²) in [6.45, 7) is 4.87. The van der Waals surface area contributed by atoms with E-state index in [1.807, 2.05) is 0 Å². The zero-order valence-electron chi connectivity index (χ0n) is 17.0. The predicted octanol–water partition coefficient (Wildman–Crippen LogP) is 4.09. The lowest BCUT2D eigenvalue weighted by atomic mass is 9.99. The Hall–Kier alpha value is -3.72. The molecule has 158 valence electrons. The summed E-state index contributed by atoms with van der Waals surface area (Å²) in [5, 5.41) is 14.1. The molecule has 0 spiro atoms. The number of anilines is 2. The number of ketones is 1. The number of aliphatic hydroxyl groups excluding tert-OH is 1. The maximum absolute atomic E-state index is 13.4. The van der Waals surface area contributed by atoms with E-state index in [2.05, 4.69) is 10.3 Å². The Bertz CT molecular complexity index is 1230. The molecule has 1 unspecified atom stereocenters. The summed E-state index contributed by atoms with van der Waals surface area (Å²) in [6.07, 6.45) is 1.44. The van der Waals surface area contributed by atoms with Gasteiger partial charge in [0.15, 0.2) is 5.76 Å². The molecule has 1 aromatic carbocycles. The molecule has 0 radical (unpaired) electrons. The minimum Gasteiger partial charge on any atom is -0.503 e. The lowest BCUT2D eigenvalue weighted by molar-refractivity contribution is -0.117. The van der Waals surface area contributed by atoms with Gasteiger partial charge in [0.25, 0.3) is 5.91 Å². The Morgan fingerprint density at radius 2 is 2.00 bits per heavy atom. The van der Waals surface area contributed by atoms with Gasteiger partial charge in [-0.15, -0.1) is 11.3 Å². The van der Waals surface area contributed by atoms with Crippen LogP contribution in [0.25, 0.3) is 0 Å². The van der Waals surface area contributed by atoms with Crippen molar-refractivity contribution in [3.8, 4) is 0 Å². The molecule has 9 heteroatoms. The van der Waals surface area contributed by atoms with Crippen molar-refractivity contribution >= 4 is 40.3 Å². The summed E-state index contributed by atoms with van der Waals surface area (Å²) in [5.41, 5.74) is 1.33. The Morgan fingerprint density at radius 3 is 2.61 bits per heavy atom. The largest absolute Gasteiger partial charge is 0.503 e. The third-order valence-electron chi connectivity index (χ3n) is 4.82. The van der Waals surface area contributed by atoms with E-state index in [0.29, 0.717) is 32.7 Å². The monoisotopic (exact) mass is 437 g/mol. The number of nitrogens with one attached hydrogen (secondary N) is 1. The highest BCUT2D eigenvalue weighted by Gasteiger charge is 2.46. The highest BCUT2D eigenvalue weighted by atomic mass is 32.1. The zero-order valence-corrected chi connectivity index (χ0v) is 17.8. The molecule has 0 saturated carbocycles. The predicted molar refractivity (Wildman–Crippen MR) is 115 cm³/mol. The minimum atomic E-state index is -0.968. The van der Waals surface area contributed by atoms with Gasteiger partial charge >= 0.3 is 0 Å². The van der Waals surface area contributed by atoms with Crippen LogP contribution in [0, 0.1) is 13.8 Å². The molecule has 2 aromatic heterocycles. The van der Waals surface area contributed by atoms with Crippen LogP contribution in [0.5, 0.6) is 0 Å². The van der Waals surface area contributed by atoms with Crippen LogP contribution in [-0.2, 0) is 9.59 Å². The van der Waals surface area contributed by atoms with Crippen LogP contribution in [0.15, 0.2) is 58.4 Å². The number of aliphatic hydroxyl groups is 1. The van der Waals surface area contributed by atoms with Crippen molar-refractivity contribution in [1.29, 1.82) is 0 Å². The maximum Gasteiger partial charge on any atom is 0.294 e. The fraction of sp³-hybridized carbons (Fsp3) is 0.182. The molecular weight excluding hydrogens is 418 g/mol. The molecule has 0 bridgehead atoms. The van der Waals surface area contributed by atoms with Gasteiger partial charge in [0, 0.05) is 18.3 Å².